The van der Waals surface area contributed by atoms with Crippen molar-refractivity contribution in [3.63, 3.8) is 0 Å². The molecule has 0 aromatic carbocycles. The molecule has 0 bridgehead atoms. The maximum atomic E-state index is 12.4. The van der Waals surface area contributed by atoms with E-state index in [0.717, 1.165) is 22.1 Å². The van der Waals surface area contributed by atoms with Crippen LogP contribution in [-0.4, -0.2) is 14.8 Å². The van der Waals surface area contributed by atoms with Crippen molar-refractivity contribution < 1.29 is 13.2 Å². The lowest BCUT2D eigenvalue weighted by molar-refractivity contribution is -0.141. The van der Waals surface area contributed by atoms with Gasteiger partial charge < -0.3 is 0 Å². The van der Waals surface area contributed by atoms with E-state index in [9.17, 15) is 18.1 Å². The van der Waals surface area contributed by atoms with Crippen LogP contribution in [0.15, 0.2) is 17.4 Å². The molecule has 2 heterocycles. The third kappa shape index (κ3) is 2.18. The highest BCUT2D eigenvalue weighted by atomic mass is 32.1. The summed E-state index contributed by atoms with van der Waals surface area (Å²) in [6.07, 6.45) is -3.30. The smallest absolute Gasteiger partial charge is 0.265 e. The van der Waals surface area contributed by atoms with Crippen LogP contribution >= 0.6 is 11.3 Å². The number of nitrogens with zero attached hydrogens (tertiary/aromatic N) is 4. The summed E-state index contributed by atoms with van der Waals surface area (Å²) in [5.41, 5.74) is -0.803. The second kappa shape index (κ2) is 3.91. The number of aryl methyl sites for hydroxylation is 1. The maximum absolute atomic E-state index is 12.4. The minimum absolute atomic E-state index is 0.106. The molecule has 9 heteroatoms. The molecule has 0 fully saturated rings. The van der Waals surface area contributed by atoms with Gasteiger partial charge in [-0.05, 0) is 11.2 Å². The van der Waals surface area contributed by atoms with E-state index in [1.165, 1.54) is 13.2 Å². The Balaban J connectivity index is 2.46. The molecule has 2 aromatic heterocycles. The van der Waals surface area contributed by atoms with Gasteiger partial charge in [0.25, 0.3) is 0 Å². The average molecular weight is 262 g/mol. The largest absolute Gasteiger partial charge is 0.435 e. The molecule has 17 heavy (non-hydrogen) atoms. The molecule has 2 aromatic rings. The number of aromatic nitrogens is 3. The first-order chi connectivity index (χ1) is 7.91. The van der Waals surface area contributed by atoms with Gasteiger partial charge in [-0.25, -0.2) is 4.98 Å². The van der Waals surface area contributed by atoms with Crippen LogP contribution in [0.1, 0.15) is 5.69 Å². The van der Waals surface area contributed by atoms with E-state index in [1.54, 1.807) is 0 Å². The molecule has 0 N–H and O–H groups in total. The van der Waals surface area contributed by atoms with Crippen LogP contribution in [0.25, 0.3) is 10.7 Å². The van der Waals surface area contributed by atoms with E-state index in [4.69, 9.17) is 0 Å². The van der Waals surface area contributed by atoms with E-state index in [1.807, 2.05) is 0 Å². The molecule has 0 spiro atoms. The third-order valence-corrected chi connectivity index (χ3v) is 2.87. The Morgan fingerprint density at radius 3 is 2.65 bits per heavy atom. The topological polar surface area (TPSA) is 60.1 Å². The first-order valence-corrected chi connectivity index (χ1v) is 5.14. The number of hydrogen-bond acceptors (Lipinski definition) is 5. The zero-order valence-electron chi connectivity index (χ0n) is 8.39. The van der Waals surface area contributed by atoms with Gasteiger partial charge in [0.05, 0.1) is 11.9 Å². The highest BCUT2D eigenvalue weighted by Crippen LogP contribution is 2.34. The Morgan fingerprint density at radius 1 is 1.47 bits per heavy atom. The molecule has 5 nitrogen and oxygen atoms in total. The van der Waals surface area contributed by atoms with Gasteiger partial charge in [0, 0.05) is 7.05 Å². The SMILES string of the molecule is Cn1nc(C(F)(F)F)cc1-c1ncc(N=O)s1. The van der Waals surface area contributed by atoms with Crippen LogP contribution in [0.3, 0.4) is 0 Å². The van der Waals surface area contributed by atoms with Crippen molar-refractivity contribution in [3.05, 3.63) is 22.9 Å². The molecule has 0 aliphatic heterocycles. The minimum atomic E-state index is -4.50. The van der Waals surface area contributed by atoms with Crippen LogP contribution in [0.4, 0.5) is 18.2 Å². The number of hydrogen-bond donors (Lipinski definition) is 0. The molecule has 90 valence electrons. The molecule has 0 aliphatic rings. The summed E-state index contributed by atoms with van der Waals surface area (Å²) in [7, 11) is 1.37. The third-order valence-electron chi connectivity index (χ3n) is 1.97. The van der Waals surface area contributed by atoms with Crippen molar-refractivity contribution in [2.45, 2.75) is 6.18 Å². The highest BCUT2D eigenvalue weighted by Gasteiger charge is 2.35. The van der Waals surface area contributed by atoms with Crippen molar-refractivity contribution in [1.82, 2.24) is 14.8 Å². The van der Waals surface area contributed by atoms with E-state index in [0.29, 0.717) is 0 Å². The number of alkyl halides is 3. The summed E-state index contributed by atoms with van der Waals surface area (Å²) in [5, 5.41) is 6.37. The van der Waals surface area contributed by atoms with E-state index in [-0.39, 0.29) is 15.7 Å². The summed E-state index contributed by atoms with van der Waals surface area (Å²) < 4.78 is 38.3. The monoisotopic (exact) mass is 262 g/mol. The molecular weight excluding hydrogens is 257 g/mol. The lowest BCUT2D eigenvalue weighted by Gasteiger charge is -1.98. The molecule has 2 rings (SSSR count). The number of rotatable bonds is 2. The lowest BCUT2D eigenvalue weighted by Crippen LogP contribution is -2.06. The fourth-order valence-electron chi connectivity index (χ4n) is 1.23. The summed E-state index contributed by atoms with van der Waals surface area (Å²) in [5.74, 6) is 0. The van der Waals surface area contributed by atoms with Crippen LogP contribution in [0.2, 0.25) is 0 Å². The van der Waals surface area contributed by atoms with Gasteiger partial charge in [0.2, 0.25) is 0 Å². The second-order valence-electron chi connectivity index (χ2n) is 3.13. The Morgan fingerprint density at radius 2 is 2.18 bits per heavy atom. The number of thiazole rings is 1. The average Bonchev–Trinajstić information content (AvgIpc) is 2.82. The number of nitroso groups, excluding NO2 is 1. The molecule has 0 saturated heterocycles. The predicted octanol–water partition coefficient (Wildman–Crippen LogP) is 2.96. The van der Waals surface area contributed by atoms with Gasteiger partial charge in [-0.3, -0.25) is 4.68 Å². The molecule has 0 atom stereocenters. The van der Waals surface area contributed by atoms with Crippen molar-refractivity contribution >= 4 is 16.3 Å². The van der Waals surface area contributed by atoms with Crippen molar-refractivity contribution in [2.75, 3.05) is 0 Å². The molecule has 0 aliphatic carbocycles. The fraction of sp³-hybridized carbons (Fsp3) is 0.250. The quantitative estimate of drug-likeness (QED) is 0.782. The van der Waals surface area contributed by atoms with E-state index < -0.39 is 11.9 Å². The molecule has 0 amide bonds. The molecule has 0 saturated carbocycles. The van der Waals surface area contributed by atoms with Gasteiger partial charge in [-0.2, -0.15) is 18.3 Å². The molecule has 0 radical (unpaired) electrons. The summed E-state index contributed by atoms with van der Waals surface area (Å²) in [6.45, 7) is 0. The summed E-state index contributed by atoms with van der Waals surface area (Å²) >= 11 is 0.906. The predicted molar refractivity (Wildman–Crippen MR) is 54.8 cm³/mol. The van der Waals surface area contributed by atoms with Crippen LogP contribution in [0.5, 0.6) is 0 Å². The zero-order chi connectivity index (χ0) is 12.6. The molecular formula is C8H5F3N4OS. The fourth-order valence-corrected chi connectivity index (χ4v) is 1.97. The molecule has 0 unspecified atom stereocenters. The Labute approximate surface area is 96.9 Å². The van der Waals surface area contributed by atoms with Crippen LogP contribution < -0.4 is 0 Å². The van der Waals surface area contributed by atoms with E-state index in [2.05, 4.69) is 15.3 Å². The van der Waals surface area contributed by atoms with E-state index >= 15 is 0 Å². The standard InChI is InChI=1S/C8H5F3N4OS/c1-15-4(2-5(13-15)8(9,10)11)7-12-3-6(14-16)17-7/h2-3H,1H3. The van der Waals surface area contributed by atoms with Crippen LogP contribution in [-0.2, 0) is 13.2 Å². The van der Waals surface area contributed by atoms with Crippen molar-refractivity contribution in [1.29, 1.82) is 0 Å². The van der Waals surface area contributed by atoms with Crippen LogP contribution in [0, 0.1) is 4.91 Å². The van der Waals surface area contributed by atoms with Gasteiger partial charge in [-0.1, -0.05) is 11.3 Å². The van der Waals surface area contributed by atoms with Crippen molar-refractivity contribution in [3.8, 4) is 10.7 Å². The van der Waals surface area contributed by atoms with Gasteiger partial charge in [-0.15, -0.1) is 4.91 Å². The van der Waals surface area contributed by atoms with Gasteiger partial charge in [0.1, 0.15) is 5.01 Å². The first-order valence-electron chi connectivity index (χ1n) is 4.32. The minimum Gasteiger partial charge on any atom is -0.265 e. The summed E-state index contributed by atoms with van der Waals surface area (Å²) in [6, 6.07) is 0.882. The Bertz CT molecular complexity index is 559. The zero-order valence-corrected chi connectivity index (χ0v) is 9.21. The number of halogens is 3. The highest BCUT2D eigenvalue weighted by molar-refractivity contribution is 7.18. The first kappa shape index (κ1) is 11.7. The van der Waals surface area contributed by atoms with Crippen molar-refractivity contribution in [2.24, 2.45) is 12.2 Å². The lowest BCUT2D eigenvalue weighted by atomic mass is 10.3. The second-order valence-corrected chi connectivity index (χ2v) is 4.14. The summed E-state index contributed by atoms with van der Waals surface area (Å²) in [4.78, 5) is 14.0. The maximum Gasteiger partial charge on any atom is 0.435 e. The Kier molecular flexibility index (Phi) is 2.69. The Hall–Kier alpha value is -1.77. The van der Waals surface area contributed by atoms with Gasteiger partial charge >= 0.3 is 6.18 Å². The van der Waals surface area contributed by atoms with Gasteiger partial charge in [0.15, 0.2) is 10.7 Å². The normalized spacial score (nSPS) is 11.8.